The molecule has 1 amide bonds. The molecule has 3 aromatic rings. The van der Waals surface area contributed by atoms with Crippen molar-refractivity contribution in [2.45, 2.75) is 37.5 Å². The van der Waals surface area contributed by atoms with Gasteiger partial charge in [0.1, 0.15) is 17.4 Å². The van der Waals surface area contributed by atoms with Gasteiger partial charge in [0.05, 0.1) is 28.8 Å². The van der Waals surface area contributed by atoms with E-state index in [0.29, 0.717) is 41.7 Å². The van der Waals surface area contributed by atoms with Crippen LogP contribution >= 0.6 is 0 Å². The highest BCUT2D eigenvalue weighted by Crippen LogP contribution is 2.45. The first-order chi connectivity index (χ1) is 18.3. The molecule has 1 aromatic heterocycles. The third-order valence-corrected chi connectivity index (χ3v) is 7.02. The maximum absolute atomic E-state index is 13.1. The molecule has 38 heavy (non-hydrogen) atoms. The molecule has 1 aliphatic carbocycles. The number of hydrogen-bond donors (Lipinski definition) is 2. The summed E-state index contributed by atoms with van der Waals surface area (Å²) >= 11 is 0. The van der Waals surface area contributed by atoms with E-state index in [4.69, 9.17) is 9.47 Å². The number of carbonyl (C=O) groups is 2. The number of nitrogens with zero attached hydrogens (tertiary/aromatic N) is 2. The Labute approximate surface area is 219 Å². The van der Waals surface area contributed by atoms with E-state index in [1.165, 1.54) is 12.1 Å². The highest BCUT2D eigenvalue weighted by atomic mass is 16.6. The van der Waals surface area contributed by atoms with Gasteiger partial charge >= 0.3 is 5.97 Å². The Morgan fingerprint density at radius 3 is 2.74 bits per heavy atom. The lowest BCUT2D eigenvalue weighted by atomic mass is 10.1. The van der Waals surface area contributed by atoms with Crippen molar-refractivity contribution in [3.63, 3.8) is 0 Å². The van der Waals surface area contributed by atoms with E-state index in [1.54, 1.807) is 25.1 Å². The van der Waals surface area contributed by atoms with Crippen molar-refractivity contribution in [2.24, 2.45) is 5.92 Å². The predicted octanol–water partition coefficient (Wildman–Crippen LogP) is 3.54. The number of nitro groups is 1. The van der Waals surface area contributed by atoms with Crippen LogP contribution in [0.2, 0.25) is 0 Å². The standard InChI is InChI=1S/C28H28N4O6/c1-3-18-15-28(18,27(34)37-4-2)31-26(33)24-13-20(16-29-24)38-25-14-23(17-8-6-5-7-9-17)30-22-11-10-19(32(35)36)12-21(22)25/h3,5-12,14,18,20,24,29H,1,4,13,15-16H2,2H3,(H,31,33)/t18?,20?,24-,28+/m0/s1. The second-order valence-corrected chi connectivity index (χ2v) is 9.49. The Morgan fingerprint density at radius 1 is 1.26 bits per heavy atom. The van der Waals surface area contributed by atoms with Gasteiger partial charge < -0.3 is 20.1 Å². The minimum absolute atomic E-state index is 0.0659. The first kappa shape index (κ1) is 25.3. The second kappa shape index (κ2) is 10.2. The van der Waals surface area contributed by atoms with Crippen LogP contribution in [0.4, 0.5) is 5.69 Å². The number of amides is 1. The third-order valence-electron chi connectivity index (χ3n) is 7.02. The number of fused-ring (bicyclic) bond motifs is 1. The first-order valence-electron chi connectivity index (χ1n) is 12.5. The van der Waals surface area contributed by atoms with Crippen molar-refractivity contribution in [1.82, 2.24) is 15.6 Å². The third kappa shape index (κ3) is 4.82. The Balaban J connectivity index is 1.36. The van der Waals surface area contributed by atoms with Crippen molar-refractivity contribution >= 4 is 28.5 Å². The average molecular weight is 517 g/mol. The number of non-ortho nitro benzene ring substituents is 1. The van der Waals surface area contributed by atoms with Crippen LogP contribution in [0.15, 0.2) is 67.3 Å². The molecule has 10 nitrogen and oxygen atoms in total. The summed E-state index contributed by atoms with van der Waals surface area (Å²) in [6.07, 6.45) is 2.08. The monoisotopic (exact) mass is 516 g/mol. The molecule has 0 radical (unpaired) electrons. The fraction of sp³-hybridized carbons (Fsp3) is 0.321. The van der Waals surface area contributed by atoms with E-state index in [0.717, 1.165) is 5.56 Å². The summed E-state index contributed by atoms with van der Waals surface area (Å²) in [5, 5.41) is 18.0. The summed E-state index contributed by atoms with van der Waals surface area (Å²) in [5.41, 5.74) is 0.977. The molecule has 196 valence electrons. The molecule has 2 aromatic carbocycles. The van der Waals surface area contributed by atoms with E-state index in [2.05, 4.69) is 22.2 Å². The maximum Gasteiger partial charge on any atom is 0.332 e. The lowest BCUT2D eigenvalue weighted by molar-refractivity contribution is -0.384. The fourth-order valence-corrected chi connectivity index (χ4v) is 4.89. The highest BCUT2D eigenvalue weighted by molar-refractivity contribution is 5.94. The van der Waals surface area contributed by atoms with Gasteiger partial charge in [-0.05, 0) is 19.4 Å². The number of nitrogens with one attached hydrogen (secondary N) is 2. The molecule has 2 unspecified atom stereocenters. The van der Waals surface area contributed by atoms with Crippen LogP contribution in [-0.2, 0) is 14.3 Å². The van der Waals surface area contributed by atoms with E-state index < -0.39 is 22.5 Å². The quantitative estimate of drug-likeness (QED) is 0.191. The number of benzene rings is 2. The molecule has 5 rings (SSSR count). The molecular formula is C28H28N4O6. The minimum atomic E-state index is -1.07. The van der Waals surface area contributed by atoms with Crippen LogP contribution in [0.25, 0.3) is 22.2 Å². The molecule has 0 spiro atoms. The summed E-state index contributed by atoms with van der Waals surface area (Å²) in [7, 11) is 0. The summed E-state index contributed by atoms with van der Waals surface area (Å²) in [5.74, 6) is -0.493. The summed E-state index contributed by atoms with van der Waals surface area (Å²) in [6, 6.07) is 15.2. The Kier molecular flexibility index (Phi) is 6.81. The molecular weight excluding hydrogens is 488 g/mol. The highest BCUT2D eigenvalue weighted by Gasteiger charge is 2.61. The second-order valence-electron chi connectivity index (χ2n) is 9.49. The Morgan fingerprint density at radius 2 is 2.05 bits per heavy atom. The average Bonchev–Trinajstić information content (AvgIpc) is 3.44. The van der Waals surface area contributed by atoms with Crippen LogP contribution in [0, 0.1) is 16.0 Å². The summed E-state index contributed by atoms with van der Waals surface area (Å²) < 4.78 is 11.5. The van der Waals surface area contributed by atoms with E-state index in [-0.39, 0.29) is 30.2 Å². The van der Waals surface area contributed by atoms with E-state index in [1.807, 2.05) is 30.3 Å². The normalized spacial score (nSPS) is 24.0. The topological polar surface area (TPSA) is 133 Å². The molecule has 10 heteroatoms. The van der Waals surface area contributed by atoms with Crippen molar-refractivity contribution in [2.75, 3.05) is 13.2 Å². The predicted molar refractivity (Wildman–Crippen MR) is 140 cm³/mol. The van der Waals surface area contributed by atoms with Gasteiger partial charge in [-0.25, -0.2) is 9.78 Å². The Hall–Kier alpha value is -4.31. The molecule has 0 bridgehead atoms. The fourth-order valence-electron chi connectivity index (χ4n) is 4.89. The number of pyridine rings is 1. The number of carbonyl (C=O) groups excluding carboxylic acids is 2. The number of nitro benzene ring substituents is 1. The smallest absolute Gasteiger partial charge is 0.332 e. The Bertz CT molecular complexity index is 1410. The van der Waals surface area contributed by atoms with Gasteiger partial charge in [-0.15, -0.1) is 6.58 Å². The molecule has 2 aliphatic rings. The van der Waals surface area contributed by atoms with Gasteiger partial charge in [-0.3, -0.25) is 14.9 Å². The molecule has 1 saturated heterocycles. The van der Waals surface area contributed by atoms with Gasteiger partial charge in [-0.1, -0.05) is 36.4 Å². The lowest BCUT2D eigenvalue weighted by Crippen LogP contribution is -2.51. The maximum atomic E-state index is 13.1. The molecule has 2 fully saturated rings. The van der Waals surface area contributed by atoms with Crippen molar-refractivity contribution in [3.8, 4) is 17.0 Å². The van der Waals surface area contributed by atoms with Crippen molar-refractivity contribution in [3.05, 3.63) is 77.4 Å². The summed E-state index contributed by atoms with van der Waals surface area (Å²) in [6.45, 7) is 6.08. The van der Waals surface area contributed by atoms with Gasteiger partial charge in [0, 0.05) is 48.0 Å². The number of ether oxygens (including phenoxy) is 2. The van der Waals surface area contributed by atoms with Crippen LogP contribution in [-0.4, -0.2) is 52.6 Å². The van der Waals surface area contributed by atoms with Gasteiger partial charge in [0.2, 0.25) is 5.91 Å². The molecule has 2 N–H and O–H groups in total. The van der Waals surface area contributed by atoms with Crippen LogP contribution in [0.1, 0.15) is 19.8 Å². The van der Waals surface area contributed by atoms with Crippen LogP contribution < -0.4 is 15.4 Å². The van der Waals surface area contributed by atoms with Crippen LogP contribution in [0.3, 0.4) is 0 Å². The lowest BCUT2D eigenvalue weighted by Gasteiger charge is -2.20. The van der Waals surface area contributed by atoms with Crippen molar-refractivity contribution < 1.29 is 24.0 Å². The molecule has 1 aliphatic heterocycles. The molecule has 1 saturated carbocycles. The van der Waals surface area contributed by atoms with E-state index >= 15 is 0 Å². The zero-order chi connectivity index (χ0) is 26.9. The number of hydrogen-bond acceptors (Lipinski definition) is 8. The zero-order valence-electron chi connectivity index (χ0n) is 20.9. The zero-order valence-corrected chi connectivity index (χ0v) is 20.9. The number of esters is 1. The largest absolute Gasteiger partial charge is 0.488 e. The van der Waals surface area contributed by atoms with Crippen molar-refractivity contribution in [1.29, 1.82) is 0 Å². The van der Waals surface area contributed by atoms with Gasteiger partial charge in [-0.2, -0.15) is 0 Å². The molecule has 2 heterocycles. The number of aromatic nitrogens is 1. The SMILES string of the molecule is C=CC1C[C@]1(NC(=O)[C@@H]1CC(Oc2cc(-c3ccccc3)nc3ccc([N+](=O)[O-])cc23)CN1)C(=O)OCC. The first-order valence-corrected chi connectivity index (χ1v) is 12.5. The summed E-state index contributed by atoms with van der Waals surface area (Å²) in [4.78, 5) is 41.2. The van der Waals surface area contributed by atoms with Gasteiger partial charge in [0.25, 0.3) is 5.69 Å². The minimum Gasteiger partial charge on any atom is -0.488 e. The number of rotatable bonds is 9. The van der Waals surface area contributed by atoms with E-state index in [9.17, 15) is 19.7 Å². The van der Waals surface area contributed by atoms with Crippen LogP contribution in [0.5, 0.6) is 5.75 Å². The molecule has 4 atom stereocenters. The van der Waals surface area contributed by atoms with Gasteiger partial charge in [0.15, 0.2) is 0 Å².